The van der Waals surface area contributed by atoms with Gasteiger partial charge >= 0.3 is 5.97 Å². The molecule has 0 radical (unpaired) electrons. The highest BCUT2D eigenvalue weighted by atomic mass is 16.5. The molecule has 0 bridgehead atoms. The van der Waals surface area contributed by atoms with E-state index in [1.807, 2.05) is 4.90 Å². The Morgan fingerprint density at radius 3 is 3.00 bits per heavy atom. The second-order valence-electron chi connectivity index (χ2n) is 6.00. The number of carbonyl (C=O) groups is 2. The molecule has 27 heavy (non-hydrogen) atoms. The SMILES string of the molecule is NCC(=O)Oc1ccc2c(c1)C1=NCCN1/C(=C/C(=O)c1cccnc1)N2. The van der Waals surface area contributed by atoms with E-state index >= 15 is 0 Å². The molecule has 0 aliphatic carbocycles. The Morgan fingerprint density at radius 2 is 2.22 bits per heavy atom. The van der Waals surface area contributed by atoms with Crippen molar-refractivity contribution < 1.29 is 14.3 Å². The molecule has 8 heteroatoms. The lowest BCUT2D eigenvalue weighted by molar-refractivity contribution is -0.132. The number of aliphatic imine (C=N–C) groups is 1. The summed E-state index contributed by atoms with van der Waals surface area (Å²) in [6.45, 7) is 1.08. The Balaban J connectivity index is 1.67. The lowest BCUT2D eigenvalue weighted by atomic mass is 10.1. The van der Waals surface area contributed by atoms with Crippen LogP contribution in [-0.2, 0) is 4.79 Å². The zero-order chi connectivity index (χ0) is 18.8. The van der Waals surface area contributed by atoms with Crippen LogP contribution in [0.3, 0.4) is 0 Å². The molecule has 4 rings (SSSR count). The molecule has 0 unspecified atom stereocenters. The third-order valence-electron chi connectivity index (χ3n) is 4.24. The second-order valence-corrected chi connectivity index (χ2v) is 6.00. The molecule has 0 saturated carbocycles. The summed E-state index contributed by atoms with van der Waals surface area (Å²) in [5.41, 5.74) is 7.39. The fraction of sp³-hybridized carbons (Fsp3) is 0.158. The number of ether oxygens (including phenoxy) is 1. The van der Waals surface area contributed by atoms with Crippen LogP contribution in [-0.4, -0.2) is 47.1 Å². The average molecular weight is 363 g/mol. The number of carbonyl (C=O) groups excluding carboxylic acids is 2. The molecular formula is C19H17N5O3. The number of hydrogen-bond donors (Lipinski definition) is 2. The van der Waals surface area contributed by atoms with Crippen LogP contribution in [0, 0.1) is 0 Å². The van der Waals surface area contributed by atoms with Crippen LogP contribution in [0.1, 0.15) is 15.9 Å². The van der Waals surface area contributed by atoms with Gasteiger partial charge in [0.05, 0.1) is 18.8 Å². The molecule has 1 aromatic carbocycles. The zero-order valence-electron chi connectivity index (χ0n) is 14.4. The highest BCUT2D eigenvalue weighted by Crippen LogP contribution is 2.32. The number of benzene rings is 1. The number of nitrogens with zero attached hydrogens (tertiary/aromatic N) is 3. The number of hydrogen-bond acceptors (Lipinski definition) is 8. The van der Waals surface area contributed by atoms with Crippen molar-refractivity contribution in [3.63, 3.8) is 0 Å². The van der Waals surface area contributed by atoms with Crippen molar-refractivity contribution in [1.82, 2.24) is 9.88 Å². The number of esters is 1. The second kappa shape index (κ2) is 7.00. The van der Waals surface area contributed by atoms with Gasteiger partial charge in [0.25, 0.3) is 0 Å². The van der Waals surface area contributed by atoms with E-state index in [-0.39, 0.29) is 12.3 Å². The summed E-state index contributed by atoms with van der Waals surface area (Å²) < 4.78 is 5.19. The van der Waals surface area contributed by atoms with Crippen molar-refractivity contribution in [2.75, 3.05) is 25.0 Å². The third-order valence-corrected chi connectivity index (χ3v) is 4.24. The zero-order valence-corrected chi connectivity index (χ0v) is 14.4. The fourth-order valence-electron chi connectivity index (χ4n) is 3.00. The summed E-state index contributed by atoms with van der Waals surface area (Å²) in [6.07, 6.45) is 4.70. The minimum Gasteiger partial charge on any atom is -0.426 e. The summed E-state index contributed by atoms with van der Waals surface area (Å²) in [7, 11) is 0. The largest absolute Gasteiger partial charge is 0.426 e. The number of nitrogens with one attached hydrogen (secondary N) is 1. The molecule has 2 aliphatic heterocycles. The van der Waals surface area contributed by atoms with Crippen LogP contribution in [0.4, 0.5) is 5.69 Å². The third kappa shape index (κ3) is 3.30. The van der Waals surface area contributed by atoms with Gasteiger partial charge < -0.3 is 20.7 Å². The Labute approximate surface area is 155 Å². The van der Waals surface area contributed by atoms with Gasteiger partial charge in [0, 0.05) is 36.1 Å². The smallest absolute Gasteiger partial charge is 0.325 e. The number of rotatable bonds is 4. The molecule has 0 spiro atoms. The maximum absolute atomic E-state index is 12.5. The van der Waals surface area contributed by atoms with E-state index in [9.17, 15) is 9.59 Å². The molecule has 0 amide bonds. The molecule has 8 nitrogen and oxygen atoms in total. The van der Waals surface area contributed by atoms with Gasteiger partial charge in [0.2, 0.25) is 0 Å². The molecule has 3 N–H and O–H groups in total. The predicted octanol–water partition coefficient (Wildman–Crippen LogP) is 1.16. The summed E-state index contributed by atoms with van der Waals surface area (Å²) >= 11 is 0. The van der Waals surface area contributed by atoms with Crippen LogP contribution in [0.25, 0.3) is 0 Å². The quantitative estimate of drug-likeness (QED) is 0.363. The monoisotopic (exact) mass is 363 g/mol. The van der Waals surface area contributed by atoms with Gasteiger partial charge in [-0.25, -0.2) is 0 Å². The van der Waals surface area contributed by atoms with E-state index in [4.69, 9.17) is 10.5 Å². The Bertz CT molecular complexity index is 969. The number of anilines is 1. The standard InChI is InChI=1S/C19H17N5O3/c20-10-18(26)27-13-3-4-15-14(8-13)19-22-6-7-24(19)17(23-15)9-16(25)12-2-1-5-21-11-12/h1-5,8-9,11,23H,6-7,10,20H2/b17-9+. The number of ketones is 1. The topological polar surface area (TPSA) is 110 Å². The normalized spacial score (nSPS) is 16.3. The number of fused-ring (bicyclic) bond motifs is 3. The lowest BCUT2D eigenvalue weighted by Gasteiger charge is -2.31. The van der Waals surface area contributed by atoms with Crippen molar-refractivity contribution >= 4 is 23.3 Å². The van der Waals surface area contributed by atoms with Crippen molar-refractivity contribution in [3.05, 3.63) is 65.7 Å². The highest BCUT2D eigenvalue weighted by molar-refractivity contribution is 6.10. The molecule has 1 aromatic heterocycles. The van der Waals surface area contributed by atoms with E-state index in [2.05, 4.69) is 15.3 Å². The number of pyridine rings is 1. The summed E-state index contributed by atoms with van der Waals surface area (Å²) in [5, 5.41) is 3.26. The van der Waals surface area contributed by atoms with Gasteiger partial charge in [-0.3, -0.25) is 19.6 Å². The van der Waals surface area contributed by atoms with E-state index in [0.717, 1.165) is 17.1 Å². The molecule has 2 aliphatic rings. The first-order valence-electron chi connectivity index (χ1n) is 8.46. The molecule has 3 heterocycles. The van der Waals surface area contributed by atoms with Gasteiger partial charge in [-0.2, -0.15) is 0 Å². The number of allylic oxidation sites excluding steroid dienone is 1. The fourth-order valence-corrected chi connectivity index (χ4v) is 3.00. The molecule has 0 fully saturated rings. The number of aromatic nitrogens is 1. The van der Waals surface area contributed by atoms with Crippen LogP contribution < -0.4 is 15.8 Å². The summed E-state index contributed by atoms with van der Waals surface area (Å²) in [6, 6.07) is 8.65. The Hall–Kier alpha value is -3.52. The van der Waals surface area contributed by atoms with Crippen molar-refractivity contribution in [2.45, 2.75) is 0 Å². The van der Waals surface area contributed by atoms with Crippen LogP contribution >= 0.6 is 0 Å². The van der Waals surface area contributed by atoms with E-state index in [1.54, 1.807) is 42.6 Å². The highest BCUT2D eigenvalue weighted by Gasteiger charge is 2.30. The van der Waals surface area contributed by atoms with E-state index in [1.165, 1.54) is 6.20 Å². The predicted molar refractivity (Wildman–Crippen MR) is 99.5 cm³/mol. The van der Waals surface area contributed by atoms with E-state index < -0.39 is 5.97 Å². The Morgan fingerprint density at radius 1 is 1.33 bits per heavy atom. The van der Waals surface area contributed by atoms with Gasteiger partial charge in [0.15, 0.2) is 5.78 Å². The minimum atomic E-state index is -0.508. The maximum Gasteiger partial charge on any atom is 0.325 e. The van der Waals surface area contributed by atoms with Gasteiger partial charge in [0.1, 0.15) is 17.4 Å². The first-order valence-corrected chi connectivity index (χ1v) is 8.46. The van der Waals surface area contributed by atoms with Gasteiger partial charge in [-0.05, 0) is 30.3 Å². The number of amidine groups is 1. The molecule has 136 valence electrons. The Kier molecular flexibility index (Phi) is 4.39. The maximum atomic E-state index is 12.5. The lowest BCUT2D eigenvalue weighted by Crippen LogP contribution is -2.36. The molecule has 0 atom stereocenters. The minimum absolute atomic E-state index is 0.145. The molecule has 2 aromatic rings. The van der Waals surface area contributed by atoms with Gasteiger partial charge in [-0.15, -0.1) is 0 Å². The number of nitrogens with two attached hydrogens (primary N) is 1. The van der Waals surface area contributed by atoms with Crippen LogP contribution in [0.15, 0.2) is 59.6 Å². The average Bonchev–Trinajstić information content (AvgIpc) is 3.19. The first-order chi connectivity index (χ1) is 13.2. The van der Waals surface area contributed by atoms with Crippen LogP contribution in [0.5, 0.6) is 5.75 Å². The van der Waals surface area contributed by atoms with Crippen molar-refractivity contribution in [3.8, 4) is 5.75 Å². The van der Waals surface area contributed by atoms with Gasteiger partial charge in [-0.1, -0.05) is 0 Å². The van der Waals surface area contributed by atoms with E-state index in [0.29, 0.717) is 30.2 Å². The summed E-state index contributed by atoms with van der Waals surface area (Å²) in [4.78, 5) is 34.4. The molecule has 0 saturated heterocycles. The van der Waals surface area contributed by atoms with Crippen LogP contribution in [0.2, 0.25) is 0 Å². The molecular weight excluding hydrogens is 346 g/mol. The van der Waals surface area contributed by atoms with Crippen molar-refractivity contribution in [2.24, 2.45) is 10.7 Å². The first kappa shape index (κ1) is 16.9. The summed E-state index contributed by atoms with van der Waals surface area (Å²) in [5.74, 6) is 1.14. The van der Waals surface area contributed by atoms with Crippen molar-refractivity contribution in [1.29, 1.82) is 0 Å².